The second kappa shape index (κ2) is 8.10. The van der Waals surface area contributed by atoms with Crippen LogP contribution in [0, 0.1) is 0 Å². The van der Waals surface area contributed by atoms with Crippen molar-refractivity contribution < 1.29 is 33.7 Å². The summed E-state index contributed by atoms with van der Waals surface area (Å²) < 4.78 is 15.5. The van der Waals surface area contributed by atoms with Gasteiger partial charge in [0.25, 0.3) is 0 Å². The van der Waals surface area contributed by atoms with Crippen LogP contribution in [0.3, 0.4) is 0 Å². The van der Waals surface area contributed by atoms with Gasteiger partial charge in [-0.05, 0) is 71.9 Å². The molecule has 1 aromatic rings. The number of halogens is 1. The lowest BCUT2D eigenvalue weighted by Crippen LogP contribution is -2.44. The number of ether oxygens (including phenoxy) is 3. The Bertz CT molecular complexity index is 791. The van der Waals surface area contributed by atoms with Crippen LogP contribution in [-0.2, 0) is 9.47 Å². The van der Waals surface area contributed by atoms with Gasteiger partial charge in [-0.15, -0.1) is 0 Å². The molecule has 9 heteroatoms. The molecule has 1 N–H and O–H groups in total. The van der Waals surface area contributed by atoms with E-state index in [1.54, 1.807) is 41.5 Å². The summed E-state index contributed by atoms with van der Waals surface area (Å²) >= 11 is 6.37. The van der Waals surface area contributed by atoms with E-state index in [2.05, 4.69) is 0 Å². The van der Waals surface area contributed by atoms with Gasteiger partial charge in [0.05, 0.1) is 10.7 Å². The highest BCUT2D eigenvalue weighted by Gasteiger charge is 2.36. The normalized spacial score (nSPS) is 14.2. The molecule has 8 nitrogen and oxygen atoms in total. The molecule has 1 saturated carbocycles. The molecule has 0 saturated heterocycles. The van der Waals surface area contributed by atoms with E-state index in [1.807, 2.05) is 0 Å². The van der Waals surface area contributed by atoms with E-state index in [-0.39, 0.29) is 22.4 Å². The van der Waals surface area contributed by atoms with Gasteiger partial charge in [-0.1, -0.05) is 11.6 Å². The van der Waals surface area contributed by atoms with E-state index in [0.29, 0.717) is 10.5 Å². The number of rotatable bonds is 3. The minimum atomic E-state index is -1.51. The zero-order chi connectivity index (χ0) is 22.1. The molecule has 0 aliphatic heterocycles. The maximum absolute atomic E-state index is 12.8. The molecule has 1 aliphatic carbocycles. The second-order valence-corrected chi connectivity index (χ2v) is 9.19. The van der Waals surface area contributed by atoms with Crippen LogP contribution < -0.4 is 9.64 Å². The third-order valence-electron chi connectivity index (χ3n) is 3.69. The SMILES string of the molecule is CC(C)(C)OC(=O)N(C(=O)OC(C)(C)C)c1cc(OC(=O)O)c(C2CC2)cc1Cl. The number of carbonyl (C=O) groups excluding carboxylic acids is 2. The van der Waals surface area contributed by atoms with Crippen LogP contribution in [0.1, 0.15) is 65.9 Å². The van der Waals surface area contributed by atoms with Crippen molar-refractivity contribution in [1.29, 1.82) is 0 Å². The summed E-state index contributed by atoms with van der Waals surface area (Å²) in [6.45, 7) is 9.89. The predicted molar refractivity (Wildman–Crippen MR) is 107 cm³/mol. The fourth-order valence-electron chi connectivity index (χ4n) is 2.51. The first-order chi connectivity index (χ1) is 13.2. The molecule has 1 fully saturated rings. The molecule has 0 bridgehead atoms. The number of imide groups is 1. The molecule has 0 atom stereocenters. The summed E-state index contributed by atoms with van der Waals surface area (Å²) in [6, 6.07) is 2.76. The Morgan fingerprint density at radius 3 is 1.86 bits per heavy atom. The van der Waals surface area contributed by atoms with Crippen molar-refractivity contribution in [2.45, 2.75) is 71.5 Å². The number of hydrogen-bond donors (Lipinski definition) is 1. The first-order valence-corrected chi connectivity index (χ1v) is 9.56. The highest BCUT2D eigenvalue weighted by atomic mass is 35.5. The van der Waals surface area contributed by atoms with Crippen LogP contribution in [0.15, 0.2) is 12.1 Å². The monoisotopic (exact) mass is 427 g/mol. The zero-order valence-corrected chi connectivity index (χ0v) is 18.1. The molecule has 160 valence electrons. The number of anilines is 1. The van der Waals surface area contributed by atoms with Crippen molar-refractivity contribution in [2.75, 3.05) is 4.90 Å². The fraction of sp³-hybridized carbons (Fsp3) is 0.550. The Balaban J connectivity index is 2.54. The molecular formula is C20H26ClNO7. The number of amides is 2. The van der Waals surface area contributed by atoms with E-state index in [9.17, 15) is 14.4 Å². The quantitative estimate of drug-likeness (QED) is 0.469. The van der Waals surface area contributed by atoms with Crippen LogP contribution in [0.4, 0.5) is 20.1 Å². The van der Waals surface area contributed by atoms with E-state index < -0.39 is 29.5 Å². The number of carboxylic acid groups (broad SMARTS) is 1. The minimum absolute atomic E-state index is 0.0107. The lowest BCUT2D eigenvalue weighted by molar-refractivity contribution is 0.0430. The highest BCUT2D eigenvalue weighted by Crippen LogP contribution is 2.47. The number of carbonyl (C=O) groups is 3. The molecule has 0 radical (unpaired) electrons. The third kappa shape index (κ3) is 6.52. The zero-order valence-electron chi connectivity index (χ0n) is 17.4. The summed E-state index contributed by atoms with van der Waals surface area (Å²) in [5.41, 5.74) is -1.26. The lowest BCUT2D eigenvalue weighted by atomic mass is 10.1. The Morgan fingerprint density at radius 1 is 1.00 bits per heavy atom. The van der Waals surface area contributed by atoms with E-state index in [0.717, 1.165) is 12.8 Å². The van der Waals surface area contributed by atoms with Gasteiger partial charge in [-0.25, -0.2) is 14.4 Å². The summed E-state index contributed by atoms with van der Waals surface area (Å²) in [7, 11) is 0. The molecule has 0 heterocycles. The molecular weight excluding hydrogens is 402 g/mol. The van der Waals surface area contributed by atoms with Gasteiger partial charge >= 0.3 is 18.3 Å². The van der Waals surface area contributed by atoms with Gasteiger partial charge in [0, 0.05) is 6.07 Å². The van der Waals surface area contributed by atoms with Crippen molar-refractivity contribution in [3.8, 4) is 5.75 Å². The molecule has 1 aromatic carbocycles. The van der Waals surface area contributed by atoms with Crippen LogP contribution in [0.25, 0.3) is 0 Å². The fourth-order valence-corrected chi connectivity index (χ4v) is 2.77. The van der Waals surface area contributed by atoms with E-state index >= 15 is 0 Å². The standard InChI is InChI=1S/C20H26ClNO7/c1-19(2,3)28-16(23)22(17(24)29-20(4,5)6)14-10-15(27-18(25)26)12(9-13(14)21)11-7-8-11/h9-11H,7-8H2,1-6H3,(H,25,26). The van der Waals surface area contributed by atoms with Crippen LogP contribution >= 0.6 is 11.6 Å². The number of nitrogens with zero attached hydrogens (tertiary/aromatic N) is 1. The van der Waals surface area contributed by atoms with Gasteiger partial charge in [0.2, 0.25) is 0 Å². The molecule has 0 spiro atoms. The Kier molecular flexibility index (Phi) is 6.37. The lowest BCUT2D eigenvalue weighted by Gasteiger charge is -2.29. The summed E-state index contributed by atoms with van der Waals surface area (Å²) in [6.07, 6.45) is -1.79. The first kappa shape index (κ1) is 22.8. The molecule has 2 rings (SSSR count). The largest absolute Gasteiger partial charge is 0.511 e. The predicted octanol–water partition coefficient (Wildman–Crippen LogP) is 5.95. The Labute approximate surface area is 174 Å². The third-order valence-corrected chi connectivity index (χ3v) is 3.99. The van der Waals surface area contributed by atoms with Crippen molar-refractivity contribution in [1.82, 2.24) is 0 Å². The van der Waals surface area contributed by atoms with Crippen molar-refractivity contribution in [3.05, 3.63) is 22.7 Å². The van der Waals surface area contributed by atoms with Crippen molar-refractivity contribution >= 4 is 35.6 Å². The maximum Gasteiger partial charge on any atom is 0.511 e. The maximum atomic E-state index is 12.8. The summed E-state index contributed by atoms with van der Waals surface area (Å²) in [5.74, 6) is 0.129. The summed E-state index contributed by atoms with van der Waals surface area (Å²) in [4.78, 5) is 37.3. The van der Waals surface area contributed by atoms with Gasteiger partial charge in [-0.3, -0.25) is 0 Å². The average Bonchev–Trinajstić information content (AvgIpc) is 3.30. The Hall–Kier alpha value is -2.48. The van der Waals surface area contributed by atoms with Gasteiger partial charge in [0.15, 0.2) is 0 Å². The second-order valence-electron chi connectivity index (χ2n) is 8.78. The van der Waals surface area contributed by atoms with E-state index in [1.165, 1.54) is 12.1 Å². The van der Waals surface area contributed by atoms with Crippen molar-refractivity contribution in [2.24, 2.45) is 0 Å². The van der Waals surface area contributed by atoms with Crippen LogP contribution in [-0.4, -0.2) is 34.7 Å². The minimum Gasteiger partial charge on any atom is -0.449 e. The van der Waals surface area contributed by atoms with Crippen LogP contribution in [0.2, 0.25) is 5.02 Å². The van der Waals surface area contributed by atoms with Gasteiger partial charge in [0.1, 0.15) is 17.0 Å². The first-order valence-electron chi connectivity index (χ1n) is 9.18. The van der Waals surface area contributed by atoms with Crippen molar-refractivity contribution in [3.63, 3.8) is 0 Å². The molecule has 29 heavy (non-hydrogen) atoms. The highest BCUT2D eigenvalue weighted by molar-refractivity contribution is 6.35. The Morgan fingerprint density at radius 2 is 1.48 bits per heavy atom. The molecule has 0 aromatic heterocycles. The number of benzene rings is 1. The molecule has 0 unspecified atom stereocenters. The number of hydrogen-bond acceptors (Lipinski definition) is 6. The van der Waals surface area contributed by atoms with Gasteiger partial charge < -0.3 is 19.3 Å². The van der Waals surface area contributed by atoms with Crippen LogP contribution in [0.5, 0.6) is 5.75 Å². The van der Waals surface area contributed by atoms with E-state index in [4.69, 9.17) is 30.9 Å². The summed E-state index contributed by atoms with van der Waals surface area (Å²) in [5, 5.41) is 9.14. The average molecular weight is 428 g/mol. The van der Waals surface area contributed by atoms with Gasteiger partial charge in [-0.2, -0.15) is 4.90 Å². The molecule has 2 amide bonds. The molecule has 1 aliphatic rings. The smallest absolute Gasteiger partial charge is 0.449 e. The topological polar surface area (TPSA) is 102 Å².